The second kappa shape index (κ2) is 12.0. The summed E-state index contributed by atoms with van der Waals surface area (Å²) >= 11 is 0. The lowest BCUT2D eigenvalue weighted by Gasteiger charge is -2.19. The molecule has 2 atom stereocenters. The Bertz CT molecular complexity index is 889. The number of carbonyl (C=O) groups excluding carboxylic acids is 3. The van der Waals surface area contributed by atoms with Crippen molar-refractivity contribution in [2.45, 2.75) is 25.4 Å². The zero-order valence-electron chi connectivity index (χ0n) is 17.0. The van der Waals surface area contributed by atoms with E-state index in [4.69, 9.17) is 9.84 Å². The average Bonchev–Trinajstić information content (AvgIpc) is 2.77. The number of para-hydroxylation sites is 1. The largest absolute Gasteiger partial charge is 0.484 e. The maximum Gasteiger partial charge on any atom is 0.325 e. The molecule has 0 spiro atoms. The number of aliphatic carboxylic acids is 1. The van der Waals surface area contributed by atoms with E-state index in [9.17, 15) is 19.2 Å². The molecule has 3 amide bonds. The summed E-state index contributed by atoms with van der Waals surface area (Å²) in [4.78, 5) is 47.6. The highest BCUT2D eigenvalue weighted by Gasteiger charge is 2.22. The fourth-order valence-corrected chi connectivity index (χ4v) is 2.61. The van der Waals surface area contributed by atoms with E-state index >= 15 is 0 Å². The summed E-state index contributed by atoms with van der Waals surface area (Å²) in [6.07, 6.45) is 0.205. The molecule has 0 fully saturated rings. The van der Waals surface area contributed by atoms with Gasteiger partial charge in [0.25, 0.3) is 5.91 Å². The van der Waals surface area contributed by atoms with Crippen LogP contribution in [0.5, 0.6) is 5.75 Å². The summed E-state index contributed by atoms with van der Waals surface area (Å²) in [6.45, 7) is 0.616. The molecule has 0 aliphatic carbocycles. The lowest BCUT2D eigenvalue weighted by Crippen LogP contribution is -2.51. The van der Waals surface area contributed by atoms with E-state index in [1.54, 1.807) is 24.3 Å². The first kappa shape index (κ1) is 23.4. The molecular weight excluding hydrogens is 402 g/mol. The van der Waals surface area contributed by atoms with Crippen LogP contribution in [0.25, 0.3) is 0 Å². The van der Waals surface area contributed by atoms with Gasteiger partial charge in [-0.25, -0.2) is 0 Å². The van der Waals surface area contributed by atoms with Crippen molar-refractivity contribution in [1.82, 2.24) is 16.0 Å². The summed E-state index contributed by atoms with van der Waals surface area (Å²) in [7, 11) is 0. The van der Waals surface area contributed by atoms with E-state index in [0.29, 0.717) is 5.75 Å². The monoisotopic (exact) mass is 427 g/mol. The number of hydrogen-bond acceptors (Lipinski definition) is 5. The Labute approximate surface area is 179 Å². The Kier molecular flexibility index (Phi) is 9.03. The van der Waals surface area contributed by atoms with E-state index in [0.717, 1.165) is 5.56 Å². The van der Waals surface area contributed by atoms with Crippen molar-refractivity contribution in [3.8, 4) is 5.75 Å². The van der Waals surface area contributed by atoms with Crippen LogP contribution < -0.4 is 20.7 Å². The minimum Gasteiger partial charge on any atom is -0.484 e. The van der Waals surface area contributed by atoms with Crippen LogP contribution in [0.3, 0.4) is 0 Å². The van der Waals surface area contributed by atoms with E-state index in [1.807, 2.05) is 36.4 Å². The number of hydrogen-bond donors (Lipinski definition) is 4. The van der Waals surface area contributed by atoms with Crippen LogP contribution in [0, 0.1) is 0 Å². The highest BCUT2D eigenvalue weighted by molar-refractivity contribution is 5.92. The molecule has 2 aromatic rings. The highest BCUT2D eigenvalue weighted by Crippen LogP contribution is 2.08. The minimum atomic E-state index is -1.19. The van der Waals surface area contributed by atoms with Crippen molar-refractivity contribution < 1.29 is 29.0 Å². The van der Waals surface area contributed by atoms with E-state index in [1.165, 1.54) is 6.92 Å². The third-order valence-corrected chi connectivity index (χ3v) is 4.22. The molecule has 0 aliphatic heterocycles. The first-order valence-corrected chi connectivity index (χ1v) is 9.66. The van der Waals surface area contributed by atoms with Crippen LogP contribution in [0.1, 0.15) is 12.5 Å². The van der Waals surface area contributed by atoms with E-state index in [2.05, 4.69) is 16.0 Å². The van der Waals surface area contributed by atoms with E-state index in [-0.39, 0.29) is 13.0 Å². The van der Waals surface area contributed by atoms with Crippen molar-refractivity contribution >= 4 is 23.7 Å². The van der Waals surface area contributed by atoms with Gasteiger partial charge in [-0.15, -0.1) is 0 Å². The molecule has 2 aromatic carbocycles. The van der Waals surface area contributed by atoms with E-state index < -0.39 is 42.3 Å². The summed E-state index contributed by atoms with van der Waals surface area (Å²) in [5.74, 6) is -2.39. The predicted octanol–water partition coefficient (Wildman–Crippen LogP) is 0.498. The summed E-state index contributed by atoms with van der Waals surface area (Å²) in [5.41, 5.74) is 0.816. The first-order valence-electron chi connectivity index (χ1n) is 9.66. The lowest BCUT2D eigenvalue weighted by molar-refractivity contribution is -0.141. The molecule has 2 unspecified atom stereocenters. The number of amides is 3. The summed E-state index contributed by atoms with van der Waals surface area (Å²) in [6, 6.07) is 15.8. The van der Waals surface area contributed by atoms with Crippen LogP contribution in [-0.4, -0.2) is 54.0 Å². The minimum absolute atomic E-state index is 0.205. The number of carbonyl (C=O) groups is 4. The molecule has 0 saturated carbocycles. The van der Waals surface area contributed by atoms with Gasteiger partial charge in [-0.2, -0.15) is 0 Å². The third-order valence-electron chi connectivity index (χ3n) is 4.22. The fourth-order valence-electron chi connectivity index (χ4n) is 2.61. The molecule has 0 saturated heterocycles. The summed E-state index contributed by atoms with van der Waals surface area (Å²) in [5, 5.41) is 16.1. The number of carboxylic acids is 1. The van der Waals surface area contributed by atoms with Gasteiger partial charge in [-0.05, 0) is 24.6 Å². The van der Waals surface area contributed by atoms with Crippen LogP contribution in [0.2, 0.25) is 0 Å². The maximum atomic E-state index is 12.6. The molecule has 9 heteroatoms. The zero-order valence-corrected chi connectivity index (χ0v) is 17.0. The van der Waals surface area contributed by atoms with Crippen LogP contribution in [0.15, 0.2) is 60.7 Å². The molecular formula is C22H25N3O6. The Morgan fingerprint density at radius 1 is 0.903 bits per heavy atom. The van der Waals surface area contributed by atoms with Gasteiger partial charge in [-0.1, -0.05) is 48.5 Å². The zero-order chi connectivity index (χ0) is 22.6. The number of benzene rings is 2. The Morgan fingerprint density at radius 3 is 2.13 bits per heavy atom. The normalized spacial score (nSPS) is 12.2. The van der Waals surface area contributed by atoms with Gasteiger partial charge < -0.3 is 25.8 Å². The highest BCUT2D eigenvalue weighted by atomic mass is 16.5. The second-order valence-electron chi connectivity index (χ2n) is 6.76. The molecule has 2 rings (SSSR count). The molecule has 4 N–H and O–H groups in total. The summed E-state index contributed by atoms with van der Waals surface area (Å²) < 4.78 is 5.40. The SMILES string of the molecule is CC(NC(=O)CNC(=O)C(Cc1ccccc1)NC(=O)COc1ccccc1)C(=O)O. The smallest absolute Gasteiger partial charge is 0.325 e. The fraction of sp³-hybridized carbons (Fsp3) is 0.273. The molecule has 9 nitrogen and oxygen atoms in total. The molecule has 31 heavy (non-hydrogen) atoms. The number of carboxylic acid groups (broad SMARTS) is 1. The molecule has 0 radical (unpaired) electrons. The lowest BCUT2D eigenvalue weighted by atomic mass is 10.1. The number of ether oxygens (including phenoxy) is 1. The van der Waals surface area contributed by atoms with Gasteiger partial charge in [0.15, 0.2) is 6.61 Å². The quantitative estimate of drug-likeness (QED) is 0.413. The third kappa shape index (κ3) is 8.57. The van der Waals surface area contributed by atoms with Crippen molar-refractivity contribution in [1.29, 1.82) is 0 Å². The van der Waals surface area contributed by atoms with Gasteiger partial charge in [0.05, 0.1) is 6.54 Å². The molecule has 0 aromatic heterocycles. The molecule has 0 heterocycles. The molecule has 0 aliphatic rings. The van der Waals surface area contributed by atoms with Gasteiger partial charge >= 0.3 is 5.97 Å². The van der Waals surface area contributed by atoms with Crippen molar-refractivity contribution in [2.24, 2.45) is 0 Å². The van der Waals surface area contributed by atoms with Gasteiger partial charge in [0.2, 0.25) is 11.8 Å². The van der Waals surface area contributed by atoms with Crippen LogP contribution in [-0.2, 0) is 25.6 Å². The van der Waals surface area contributed by atoms with Gasteiger partial charge in [0, 0.05) is 6.42 Å². The Morgan fingerprint density at radius 2 is 1.52 bits per heavy atom. The van der Waals surface area contributed by atoms with Crippen molar-refractivity contribution in [3.05, 3.63) is 66.2 Å². The number of nitrogens with one attached hydrogen (secondary N) is 3. The van der Waals surface area contributed by atoms with Crippen LogP contribution >= 0.6 is 0 Å². The standard InChI is InChI=1S/C22H25N3O6/c1-15(22(29)30)24-19(26)13-23-21(28)18(12-16-8-4-2-5-9-16)25-20(27)14-31-17-10-6-3-7-11-17/h2-11,15,18H,12-14H2,1H3,(H,23,28)(H,24,26)(H,25,27)(H,29,30). The predicted molar refractivity (Wildman–Crippen MR) is 112 cm³/mol. The Hall–Kier alpha value is -3.88. The van der Waals surface area contributed by atoms with Gasteiger partial charge in [-0.3, -0.25) is 19.2 Å². The first-order chi connectivity index (χ1) is 14.8. The Balaban J connectivity index is 1.95. The number of rotatable bonds is 11. The van der Waals surface area contributed by atoms with Gasteiger partial charge in [0.1, 0.15) is 17.8 Å². The van der Waals surface area contributed by atoms with Crippen molar-refractivity contribution in [3.63, 3.8) is 0 Å². The van der Waals surface area contributed by atoms with Crippen molar-refractivity contribution in [2.75, 3.05) is 13.2 Å². The molecule has 0 bridgehead atoms. The second-order valence-corrected chi connectivity index (χ2v) is 6.76. The maximum absolute atomic E-state index is 12.6. The average molecular weight is 427 g/mol. The van der Waals surface area contributed by atoms with Crippen LogP contribution in [0.4, 0.5) is 0 Å². The molecule has 164 valence electrons. The topological polar surface area (TPSA) is 134 Å².